The van der Waals surface area contributed by atoms with Gasteiger partial charge in [-0.05, 0) is 47.7 Å². The van der Waals surface area contributed by atoms with Crippen LogP contribution in [0.25, 0.3) is 11.1 Å². The summed E-state index contributed by atoms with van der Waals surface area (Å²) in [5.41, 5.74) is 3.84. The van der Waals surface area contributed by atoms with Crippen molar-refractivity contribution in [3.63, 3.8) is 0 Å². The van der Waals surface area contributed by atoms with Crippen LogP contribution in [0, 0.1) is 6.92 Å². The number of ether oxygens (including phenoxy) is 2. The molecule has 0 heterocycles. The Hall–Kier alpha value is -2.59. The van der Waals surface area contributed by atoms with Crippen LogP contribution in [0.5, 0.6) is 5.75 Å². The molecule has 24 heavy (non-hydrogen) atoms. The SMILES string of the molecule is CC/C(=C(/C(=O)O)c1ccc(OCOC)cc1)c1ccccc1C. The molecule has 0 aliphatic rings. The van der Waals surface area contributed by atoms with Crippen molar-refractivity contribution >= 4 is 17.1 Å². The van der Waals surface area contributed by atoms with E-state index >= 15 is 0 Å². The van der Waals surface area contributed by atoms with E-state index in [0.29, 0.717) is 23.3 Å². The van der Waals surface area contributed by atoms with Crippen LogP contribution in [0.2, 0.25) is 0 Å². The maximum atomic E-state index is 11.9. The number of rotatable bonds is 7. The lowest BCUT2D eigenvalue weighted by atomic mass is 9.90. The smallest absolute Gasteiger partial charge is 0.336 e. The molecule has 0 bridgehead atoms. The van der Waals surface area contributed by atoms with Gasteiger partial charge in [0.25, 0.3) is 0 Å². The van der Waals surface area contributed by atoms with E-state index in [-0.39, 0.29) is 6.79 Å². The lowest BCUT2D eigenvalue weighted by Gasteiger charge is -2.14. The molecule has 0 fully saturated rings. The molecule has 0 spiro atoms. The molecule has 0 saturated heterocycles. The summed E-state index contributed by atoms with van der Waals surface area (Å²) in [6.07, 6.45) is 0.633. The number of hydrogen-bond donors (Lipinski definition) is 1. The molecule has 0 unspecified atom stereocenters. The topological polar surface area (TPSA) is 55.8 Å². The van der Waals surface area contributed by atoms with Gasteiger partial charge in [-0.15, -0.1) is 0 Å². The van der Waals surface area contributed by atoms with Gasteiger partial charge in [0.1, 0.15) is 5.75 Å². The molecule has 0 saturated carbocycles. The number of carboxylic acids is 1. The van der Waals surface area contributed by atoms with Crippen LogP contribution in [0.4, 0.5) is 0 Å². The van der Waals surface area contributed by atoms with Crippen LogP contribution in [0.1, 0.15) is 30.0 Å². The van der Waals surface area contributed by atoms with Crippen LogP contribution >= 0.6 is 0 Å². The van der Waals surface area contributed by atoms with Gasteiger partial charge in [-0.1, -0.05) is 43.3 Å². The number of carbonyl (C=O) groups is 1. The zero-order valence-electron chi connectivity index (χ0n) is 14.2. The summed E-state index contributed by atoms with van der Waals surface area (Å²) >= 11 is 0. The second-order valence-corrected chi connectivity index (χ2v) is 5.40. The van der Waals surface area contributed by atoms with Gasteiger partial charge in [0.15, 0.2) is 6.79 Å². The molecular formula is C20H22O4. The predicted molar refractivity (Wildman–Crippen MR) is 94.9 cm³/mol. The Morgan fingerprint density at radius 3 is 2.29 bits per heavy atom. The predicted octanol–water partition coefficient (Wildman–Crippen LogP) is 4.38. The first-order valence-corrected chi connectivity index (χ1v) is 7.83. The average Bonchev–Trinajstić information content (AvgIpc) is 2.59. The van der Waals surface area contributed by atoms with Gasteiger partial charge in [-0.2, -0.15) is 0 Å². The number of methoxy groups -OCH3 is 1. The molecule has 0 aliphatic heterocycles. The number of allylic oxidation sites excluding steroid dienone is 1. The summed E-state index contributed by atoms with van der Waals surface area (Å²) in [6, 6.07) is 14.9. The highest BCUT2D eigenvalue weighted by atomic mass is 16.7. The lowest BCUT2D eigenvalue weighted by molar-refractivity contribution is -0.130. The van der Waals surface area contributed by atoms with Crippen LogP contribution < -0.4 is 4.74 Å². The Morgan fingerprint density at radius 1 is 1.08 bits per heavy atom. The molecule has 0 aliphatic carbocycles. The van der Waals surface area contributed by atoms with E-state index in [0.717, 1.165) is 16.7 Å². The number of aliphatic carboxylic acids is 1. The molecule has 0 atom stereocenters. The van der Waals surface area contributed by atoms with Gasteiger partial charge in [0, 0.05) is 7.11 Å². The van der Waals surface area contributed by atoms with Gasteiger partial charge in [0.05, 0.1) is 5.57 Å². The standard InChI is InChI=1S/C20H22O4/c1-4-17(18-8-6-5-7-14(18)2)19(20(21)22)15-9-11-16(12-10-15)24-13-23-3/h5-12H,4,13H2,1-3H3,(H,21,22)/b19-17-. The number of carboxylic acid groups (broad SMARTS) is 1. The molecule has 126 valence electrons. The van der Waals surface area contributed by atoms with Crippen molar-refractivity contribution in [2.24, 2.45) is 0 Å². The van der Waals surface area contributed by atoms with Gasteiger partial charge in [-0.3, -0.25) is 0 Å². The molecule has 4 heteroatoms. The van der Waals surface area contributed by atoms with E-state index in [9.17, 15) is 9.90 Å². The van der Waals surface area contributed by atoms with Gasteiger partial charge in [-0.25, -0.2) is 4.79 Å². The summed E-state index contributed by atoms with van der Waals surface area (Å²) in [5, 5.41) is 9.78. The highest BCUT2D eigenvalue weighted by Crippen LogP contribution is 2.31. The Balaban J connectivity index is 2.51. The fraction of sp³-hybridized carbons (Fsp3) is 0.250. The molecule has 1 N–H and O–H groups in total. The normalized spacial score (nSPS) is 11.8. The van der Waals surface area contributed by atoms with Crippen molar-refractivity contribution in [1.29, 1.82) is 0 Å². The first-order valence-electron chi connectivity index (χ1n) is 7.83. The van der Waals surface area contributed by atoms with Crippen LogP contribution in [0.15, 0.2) is 48.5 Å². The summed E-state index contributed by atoms with van der Waals surface area (Å²) < 4.78 is 10.2. The molecule has 0 aromatic heterocycles. The van der Waals surface area contributed by atoms with Crippen molar-refractivity contribution in [1.82, 2.24) is 0 Å². The minimum Gasteiger partial charge on any atom is -0.478 e. The quantitative estimate of drug-likeness (QED) is 0.466. The van der Waals surface area contributed by atoms with Crippen molar-refractivity contribution in [3.05, 3.63) is 65.2 Å². The maximum Gasteiger partial charge on any atom is 0.336 e. The number of benzene rings is 2. The summed E-state index contributed by atoms with van der Waals surface area (Å²) in [4.78, 5) is 11.9. The van der Waals surface area contributed by atoms with Crippen LogP contribution in [-0.4, -0.2) is 25.0 Å². The summed E-state index contributed by atoms with van der Waals surface area (Å²) in [7, 11) is 1.55. The second kappa shape index (κ2) is 8.31. The zero-order chi connectivity index (χ0) is 17.5. The number of aryl methyl sites for hydroxylation is 1. The largest absolute Gasteiger partial charge is 0.478 e. The van der Waals surface area contributed by atoms with E-state index in [2.05, 4.69) is 0 Å². The van der Waals surface area contributed by atoms with Gasteiger partial charge < -0.3 is 14.6 Å². The van der Waals surface area contributed by atoms with Crippen LogP contribution in [0.3, 0.4) is 0 Å². The minimum absolute atomic E-state index is 0.157. The third kappa shape index (κ3) is 4.03. The van der Waals surface area contributed by atoms with Crippen molar-refractivity contribution in [2.45, 2.75) is 20.3 Å². The monoisotopic (exact) mass is 326 g/mol. The highest BCUT2D eigenvalue weighted by Gasteiger charge is 2.18. The molecule has 2 rings (SSSR count). The summed E-state index contributed by atoms with van der Waals surface area (Å²) in [5.74, 6) is -0.292. The number of hydrogen-bond acceptors (Lipinski definition) is 3. The van der Waals surface area contributed by atoms with E-state index in [1.54, 1.807) is 31.4 Å². The fourth-order valence-corrected chi connectivity index (χ4v) is 2.68. The van der Waals surface area contributed by atoms with E-state index in [1.165, 1.54) is 0 Å². The minimum atomic E-state index is -0.930. The first kappa shape index (κ1) is 17.8. The molecule has 2 aromatic rings. The average molecular weight is 326 g/mol. The molecule has 0 radical (unpaired) electrons. The third-order valence-corrected chi connectivity index (χ3v) is 3.83. The molecule has 0 amide bonds. The lowest BCUT2D eigenvalue weighted by Crippen LogP contribution is -2.05. The van der Waals surface area contributed by atoms with E-state index in [1.807, 2.05) is 38.1 Å². The molecule has 4 nitrogen and oxygen atoms in total. The fourth-order valence-electron chi connectivity index (χ4n) is 2.68. The molecule has 2 aromatic carbocycles. The van der Waals surface area contributed by atoms with Crippen LogP contribution in [-0.2, 0) is 9.53 Å². The highest BCUT2D eigenvalue weighted by molar-refractivity contribution is 6.23. The van der Waals surface area contributed by atoms with Gasteiger partial charge in [0.2, 0.25) is 0 Å². The van der Waals surface area contributed by atoms with E-state index < -0.39 is 5.97 Å². The van der Waals surface area contributed by atoms with E-state index in [4.69, 9.17) is 9.47 Å². The molecular weight excluding hydrogens is 304 g/mol. The van der Waals surface area contributed by atoms with Crippen molar-refractivity contribution < 1.29 is 19.4 Å². The first-order chi connectivity index (χ1) is 11.6. The van der Waals surface area contributed by atoms with Crippen molar-refractivity contribution in [3.8, 4) is 5.75 Å². The Morgan fingerprint density at radius 2 is 1.75 bits per heavy atom. The van der Waals surface area contributed by atoms with Crippen molar-refractivity contribution in [2.75, 3.05) is 13.9 Å². The van der Waals surface area contributed by atoms with Gasteiger partial charge >= 0.3 is 5.97 Å². The Kier molecular flexibility index (Phi) is 6.15. The summed E-state index contributed by atoms with van der Waals surface area (Å²) in [6.45, 7) is 4.12. The third-order valence-electron chi connectivity index (χ3n) is 3.83. The maximum absolute atomic E-state index is 11.9. The Bertz CT molecular complexity index is 730. The Labute approximate surface area is 142 Å². The second-order valence-electron chi connectivity index (χ2n) is 5.40. The zero-order valence-corrected chi connectivity index (χ0v) is 14.2.